The molecule has 9 heteroatoms. The lowest BCUT2D eigenvalue weighted by atomic mass is 10.2. The molecule has 3 aromatic rings. The Kier molecular flexibility index (Phi) is 4.88. The predicted molar refractivity (Wildman–Crippen MR) is 111 cm³/mol. The van der Waals surface area contributed by atoms with E-state index in [4.69, 9.17) is 0 Å². The van der Waals surface area contributed by atoms with Crippen molar-refractivity contribution >= 4 is 37.7 Å². The topological polar surface area (TPSA) is 83.8 Å². The van der Waals surface area contributed by atoms with Gasteiger partial charge in [-0.3, -0.25) is 9.20 Å². The van der Waals surface area contributed by atoms with Gasteiger partial charge in [0, 0.05) is 36.4 Å². The minimum absolute atomic E-state index is 0.145. The Morgan fingerprint density at radius 2 is 1.86 bits per heavy atom. The standard InChI is InChI=1S/C19H22N4O3S2/c1-13-12-23-17(14(2)21-19(23)27-13)18(24)20-11-15-3-5-16(6-4-15)22-7-9-28(25,26)10-8-22/h3-6,12H,7-11H2,1-2H3,(H,20,24). The largest absolute Gasteiger partial charge is 0.369 e. The molecule has 1 aliphatic rings. The lowest BCUT2D eigenvalue weighted by Crippen LogP contribution is -2.40. The number of aromatic nitrogens is 2. The molecule has 0 aliphatic carbocycles. The first kappa shape index (κ1) is 18.9. The van der Waals surface area contributed by atoms with Crippen molar-refractivity contribution in [1.82, 2.24) is 14.7 Å². The number of nitrogens with one attached hydrogen (secondary N) is 1. The van der Waals surface area contributed by atoms with Crippen LogP contribution in [0.25, 0.3) is 4.96 Å². The maximum absolute atomic E-state index is 12.7. The number of aryl methyl sites for hydroxylation is 2. The summed E-state index contributed by atoms with van der Waals surface area (Å²) >= 11 is 1.56. The Morgan fingerprint density at radius 3 is 2.54 bits per heavy atom. The van der Waals surface area contributed by atoms with Gasteiger partial charge in [0.1, 0.15) is 5.69 Å². The number of sulfone groups is 1. The average Bonchev–Trinajstić information content (AvgIpc) is 3.14. The summed E-state index contributed by atoms with van der Waals surface area (Å²) in [4.78, 5) is 21.1. The van der Waals surface area contributed by atoms with Crippen molar-refractivity contribution in [2.75, 3.05) is 29.5 Å². The number of nitrogens with zero attached hydrogens (tertiary/aromatic N) is 3. The van der Waals surface area contributed by atoms with Crippen LogP contribution in [-0.4, -0.2) is 48.3 Å². The van der Waals surface area contributed by atoms with Gasteiger partial charge >= 0.3 is 0 Å². The van der Waals surface area contributed by atoms with Crippen LogP contribution in [0.4, 0.5) is 5.69 Å². The average molecular weight is 419 g/mol. The zero-order valence-electron chi connectivity index (χ0n) is 15.8. The Morgan fingerprint density at radius 1 is 1.18 bits per heavy atom. The van der Waals surface area contributed by atoms with Crippen molar-refractivity contribution in [2.45, 2.75) is 20.4 Å². The van der Waals surface area contributed by atoms with Gasteiger partial charge in [0.05, 0.1) is 17.2 Å². The maximum atomic E-state index is 12.7. The molecule has 0 saturated carbocycles. The van der Waals surface area contributed by atoms with Gasteiger partial charge in [-0.25, -0.2) is 13.4 Å². The number of anilines is 1. The zero-order valence-corrected chi connectivity index (χ0v) is 17.4. The fourth-order valence-electron chi connectivity index (χ4n) is 3.40. The molecule has 148 valence electrons. The minimum Gasteiger partial charge on any atom is -0.369 e. The molecule has 1 aliphatic heterocycles. The fourth-order valence-corrected chi connectivity index (χ4v) is 5.47. The second-order valence-electron chi connectivity index (χ2n) is 7.03. The third-order valence-corrected chi connectivity index (χ3v) is 7.44. The van der Waals surface area contributed by atoms with Crippen molar-refractivity contribution in [3.05, 3.63) is 52.3 Å². The normalized spacial score (nSPS) is 16.4. The molecular formula is C19H22N4O3S2. The van der Waals surface area contributed by atoms with Crippen molar-refractivity contribution in [3.8, 4) is 0 Å². The second-order valence-corrected chi connectivity index (χ2v) is 10.5. The summed E-state index contributed by atoms with van der Waals surface area (Å²) in [6, 6.07) is 7.88. The number of carbonyl (C=O) groups is 1. The summed E-state index contributed by atoms with van der Waals surface area (Å²) in [5, 5.41) is 2.97. The molecule has 28 heavy (non-hydrogen) atoms. The highest BCUT2D eigenvalue weighted by atomic mass is 32.2. The Labute approximate surface area is 167 Å². The van der Waals surface area contributed by atoms with Crippen LogP contribution in [0.1, 0.15) is 26.6 Å². The highest BCUT2D eigenvalue weighted by Crippen LogP contribution is 2.21. The Bertz CT molecular complexity index is 1120. The van der Waals surface area contributed by atoms with Crippen molar-refractivity contribution in [2.24, 2.45) is 0 Å². The number of amides is 1. The lowest BCUT2D eigenvalue weighted by Gasteiger charge is -2.28. The molecule has 1 fully saturated rings. The number of fused-ring (bicyclic) bond motifs is 1. The second kappa shape index (κ2) is 7.21. The smallest absolute Gasteiger partial charge is 0.270 e. The first-order chi connectivity index (χ1) is 13.3. The molecule has 4 rings (SSSR count). The number of thiazole rings is 1. The number of hydrogen-bond donors (Lipinski definition) is 1. The Hall–Kier alpha value is -2.39. The third-order valence-electron chi connectivity index (χ3n) is 4.93. The quantitative estimate of drug-likeness (QED) is 0.702. The molecule has 1 aromatic carbocycles. The molecule has 7 nitrogen and oxygen atoms in total. The molecule has 0 radical (unpaired) electrons. The summed E-state index contributed by atoms with van der Waals surface area (Å²) in [7, 11) is -2.88. The van der Waals surface area contributed by atoms with Crippen LogP contribution >= 0.6 is 11.3 Å². The van der Waals surface area contributed by atoms with E-state index in [1.807, 2.05) is 48.7 Å². The number of carbonyl (C=O) groups excluding carboxylic acids is 1. The van der Waals surface area contributed by atoms with E-state index in [0.29, 0.717) is 25.3 Å². The van der Waals surface area contributed by atoms with Gasteiger partial charge < -0.3 is 10.2 Å². The number of hydrogen-bond acceptors (Lipinski definition) is 6. The summed E-state index contributed by atoms with van der Waals surface area (Å²) in [5.41, 5.74) is 3.29. The third kappa shape index (κ3) is 3.77. The predicted octanol–water partition coefficient (Wildman–Crippen LogP) is 2.18. The van der Waals surface area contributed by atoms with Gasteiger partial charge in [-0.15, -0.1) is 11.3 Å². The van der Waals surface area contributed by atoms with E-state index >= 15 is 0 Å². The molecule has 0 atom stereocenters. The molecule has 1 N–H and O–H groups in total. The number of benzene rings is 1. The maximum Gasteiger partial charge on any atom is 0.270 e. The summed E-state index contributed by atoms with van der Waals surface area (Å²) in [6.45, 7) is 5.31. The van der Waals surface area contributed by atoms with Gasteiger partial charge in [-0.2, -0.15) is 0 Å². The SMILES string of the molecule is Cc1cn2c(C(=O)NCc3ccc(N4CCS(=O)(=O)CC4)cc3)c(C)nc2s1. The molecule has 1 amide bonds. The highest BCUT2D eigenvalue weighted by Gasteiger charge is 2.22. The van der Waals surface area contributed by atoms with Crippen LogP contribution in [0.2, 0.25) is 0 Å². The molecule has 1 saturated heterocycles. The van der Waals surface area contributed by atoms with Gasteiger partial charge in [0.15, 0.2) is 14.8 Å². The summed E-state index contributed by atoms with van der Waals surface area (Å²) < 4.78 is 25.0. The molecule has 0 spiro atoms. The van der Waals surface area contributed by atoms with E-state index in [-0.39, 0.29) is 17.4 Å². The number of rotatable bonds is 4. The van der Waals surface area contributed by atoms with Crippen molar-refractivity contribution < 1.29 is 13.2 Å². The summed E-state index contributed by atoms with van der Waals surface area (Å²) in [6.07, 6.45) is 1.93. The van der Waals surface area contributed by atoms with Gasteiger partial charge in [-0.1, -0.05) is 12.1 Å². The van der Waals surface area contributed by atoms with Crippen molar-refractivity contribution in [3.63, 3.8) is 0 Å². The molecule has 2 aromatic heterocycles. The first-order valence-electron chi connectivity index (χ1n) is 9.10. The van der Waals surface area contributed by atoms with Crippen LogP contribution in [0.5, 0.6) is 0 Å². The molecular weight excluding hydrogens is 396 g/mol. The van der Waals surface area contributed by atoms with E-state index in [9.17, 15) is 13.2 Å². The van der Waals surface area contributed by atoms with Gasteiger partial charge in [-0.05, 0) is 31.5 Å². The number of imidazole rings is 1. The monoisotopic (exact) mass is 418 g/mol. The van der Waals surface area contributed by atoms with Gasteiger partial charge in [0.2, 0.25) is 0 Å². The lowest BCUT2D eigenvalue weighted by molar-refractivity contribution is 0.0944. The zero-order chi connectivity index (χ0) is 19.9. The fraction of sp³-hybridized carbons (Fsp3) is 0.368. The van der Waals surface area contributed by atoms with Crippen molar-refractivity contribution in [1.29, 1.82) is 0 Å². The van der Waals surface area contributed by atoms with E-state index in [1.54, 1.807) is 11.3 Å². The van der Waals surface area contributed by atoms with E-state index < -0.39 is 9.84 Å². The van der Waals surface area contributed by atoms with Crippen LogP contribution in [0.15, 0.2) is 30.5 Å². The molecule has 0 bridgehead atoms. The van der Waals surface area contributed by atoms with Crippen LogP contribution in [0, 0.1) is 13.8 Å². The highest BCUT2D eigenvalue weighted by molar-refractivity contribution is 7.91. The van der Waals surface area contributed by atoms with Crippen LogP contribution in [0.3, 0.4) is 0 Å². The van der Waals surface area contributed by atoms with Crippen LogP contribution in [-0.2, 0) is 16.4 Å². The molecule has 3 heterocycles. The van der Waals surface area contributed by atoms with E-state index in [1.165, 1.54) is 0 Å². The Balaban J connectivity index is 1.41. The van der Waals surface area contributed by atoms with Gasteiger partial charge in [0.25, 0.3) is 5.91 Å². The van der Waals surface area contributed by atoms with E-state index in [2.05, 4.69) is 15.2 Å². The van der Waals surface area contributed by atoms with Crippen LogP contribution < -0.4 is 10.2 Å². The van der Waals surface area contributed by atoms with E-state index in [0.717, 1.165) is 26.8 Å². The minimum atomic E-state index is -2.88. The first-order valence-corrected chi connectivity index (χ1v) is 11.7. The molecule has 0 unspecified atom stereocenters. The summed E-state index contributed by atoms with van der Waals surface area (Å²) in [5.74, 6) is 0.256.